The molecule has 0 heterocycles. The Morgan fingerprint density at radius 3 is 1.70 bits per heavy atom. The topological polar surface area (TPSA) is 61.8 Å². The molecule has 0 spiro atoms. The van der Waals surface area contributed by atoms with Crippen LogP contribution in [0.3, 0.4) is 0 Å². The maximum Gasteiger partial charge on any atom is 0.416 e. The van der Waals surface area contributed by atoms with Crippen molar-refractivity contribution in [3.8, 4) is 5.75 Å². The van der Waals surface area contributed by atoms with E-state index in [-0.39, 0.29) is 12.5 Å². The number of esters is 2. The summed E-state index contributed by atoms with van der Waals surface area (Å²) in [5.41, 5.74) is 3.32. The van der Waals surface area contributed by atoms with Crippen LogP contribution in [0.15, 0.2) is 97.1 Å². The fourth-order valence-corrected chi connectivity index (χ4v) is 4.86. The third kappa shape index (κ3) is 9.79. The number of methoxy groups -OCH3 is 2. The third-order valence-corrected chi connectivity index (χ3v) is 7.55. The van der Waals surface area contributed by atoms with E-state index in [0.29, 0.717) is 28.0 Å². The van der Waals surface area contributed by atoms with Crippen molar-refractivity contribution in [2.75, 3.05) is 14.2 Å². The van der Waals surface area contributed by atoms with Crippen LogP contribution >= 0.6 is 0 Å². The fourth-order valence-electron chi connectivity index (χ4n) is 4.86. The van der Waals surface area contributed by atoms with Crippen LogP contribution < -0.4 is 4.74 Å². The monoisotopic (exact) mass is 634 g/mol. The Morgan fingerprint density at radius 2 is 1.22 bits per heavy atom. The van der Waals surface area contributed by atoms with Gasteiger partial charge in [0.15, 0.2) is 0 Å². The number of carbonyl (C=O) groups excluding carboxylic acids is 2. The van der Waals surface area contributed by atoms with Gasteiger partial charge in [0.2, 0.25) is 0 Å². The highest BCUT2D eigenvalue weighted by atomic mass is 19.4. The molecule has 4 aromatic rings. The number of halogens is 4. The van der Waals surface area contributed by atoms with E-state index in [1.807, 2.05) is 30.3 Å². The van der Waals surface area contributed by atoms with Crippen LogP contribution in [0.2, 0.25) is 0 Å². The Morgan fingerprint density at radius 1 is 0.717 bits per heavy atom. The van der Waals surface area contributed by atoms with Gasteiger partial charge in [0, 0.05) is 5.56 Å². The van der Waals surface area contributed by atoms with Crippen molar-refractivity contribution in [3.63, 3.8) is 0 Å². The molecule has 5 nitrogen and oxygen atoms in total. The van der Waals surface area contributed by atoms with Crippen LogP contribution in [0.1, 0.15) is 61.4 Å². The summed E-state index contributed by atoms with van der Waals surface area (Å²) in [6, 6.07) is 23.3. The predicted molar refractivity (Wildman–Crippen MR) is 167 cm³/mol. The molecule has 0 atom stereocenters. The van der Waals surface area contributed by atoms with E-state index < -0.39 is 29.5 Å². The Labute approximate surface area is 265 Å². The summed E-state index contributed by atoms with van der Waals surface area (Å²) < 4.78 is 68.5. The first kappa shape index (κ1) is 34.0. The number of hydrogen-bond acceptors (Lipinski definition) is 5. The van der Waals surface area contributed by atoms with Gasteiger partial charge in [-0.1, -0.05) is 48.6 Å². The number of aryl methyl sites for hydroxylation is 2. The van der Waals surface area contributed by atoms with Gasteiger partial charge < -0.3 is 14.2 Å². The van der Waals surface area contributed by atoms with Crippen molar-refractivity contribution in [1.29, 1.82) is 0 Å². The number of ether oxygens (including phenoxy) is 3. The molecule has 0 radical (unpaired) electrons. The maximum atomic E-state index is 14.3. The Kier molecular flexibility index (Phi) is 11.7. The molecule has 0 saturated carbocycles. The summed E-state index contributed by atoms with van der Waals surface area (Å²) in [5.74, 6) is -0.803. The number of alkyl halides is 3. The van der Waals surface area contributed by atoms with Crippen LogP contribution in [-0.4, -0.2) is 26.2 Å². The second-order valence-corrected chi connectivity index (χ2v) is 10.7. The van der Waals surface area contributed by atoms with Crippen LogP contribution in [0.5, 0.6) is 5.75 Å². The molecule has 9 heteroatoms. The Bertz CT molecular complexity index is 1560. The van der Waals surface area contributed by atoms with Gasteiger partial charge in [0.25, 0.3) is 0 Å². The highest BCUT2D eigenvalue weighted by molar-refractivity contribution is 5.89. The predicted octanol–water partition coefficient (Wildman–Crippen LogP) is 8.89. The van der Waals surface area contributed by atoms with Crippen LogP contribution in [0, 0.1) is 11.7 Å². The summed E-state index contributed by atoms with van der Waals surface area (Å²) in [6.07, 6.45) is 2.33. The molecule has 4 rings (SSSR count). The zero-order valence-electron chi connectivity index (χ0n) is 25.5. The van der Waals surface area contributed by atoms with Gasteiger partial charge in [-0.3, -0.25) is 0 Å². The zero-order chi connectivity index (χ0) is 33.1. The Balaban J connectivity index is 1.49. The molecule has 0 unspecified atom stereocenters. The number of carbonyl (C=O) groups is 2. The molecule has 46 heavy (non-hydrogen) atoms. The minimum Gasteiger partial charge on any atom is -0.488 e. The molecule has 0 fully saturated rings. The van der Waals surface area contributed by atoms with Crippen molar-refractivity contribution in [1.82, 2.24) is 0 Å². The Hall–Kier alpha value is -4.92. The minimum atomic E-state index is -4.43. The van der Waals surface area contributed by atoms with Gasteiger partial charge in [-0.25, -0.2) is 14.0 Å². The van der Waals surface area contributed by atoms with E-state index in [0.717, 1.165) is 48.9 Å². The van der Waals surface area contributed by atoms with E-state index in [1.54, 1.807) is 30.3 Å². The van der Waals surface area contributed by atoms with E-state index in [9.17, 15) is 27.2 Å². The molecule has 0 amide bonds. The summed E-state index contributed by atoms with van der Waals surface area (Å²) in [4.78, 5) is 23.6. The van der Waals surface area contributed by atoms with Gasteiger partial charge in [-0.2, -0.15) is 13.2 Å². The lowest BCUT2D eigenvalue weighted by molar-refractivity contribution is -0.137. The quantitative estimate of drug-likeness (QED) is 0.109. The molecule has 0 bridgehead atoms. The molecule has 0 aliphatic rings. The van der Waals surface area contributed by atoms with E-state index in [2.05, 4.69) is 0 Å². The molecule has 240 valence electrons. The summed E-state index contributed by atoms with van der Waals surface area (Å²) >= 11 is 0. The second kappa shape index (κ2) is 15.9. The van der Waals surface area contributed by atoms with Gasteiger partial charge in [0.05, 0.1) is 30.9 Å². The average molecular weight is 635 g/mol. The van der Waals surface area contributed by atoms with Crippen molar-refractivity contribution in [2.24, 2.45) is 5.92 Å². The molecule has 0 N–H and O–H groups in total. The van der Waals surface area contributed by atoms with Crippen molar-refractivity contribution >= 4 is 18.0 Å². The highest BCUT2D eigenvalue weighted by Gasteiger charge is 2.29. The molecular weight excluding hydrogens is 600 g/mol. The molecule has 0 aliphatic carbocycles. The van der Waals surface area contributed by atoms with Gasteiger partial charge in [-0.05, 0) is 103 Å². The normalized spacial score (nSPS) is 11.5. The highest BCUT2D eigenvalue weighted by Crippen LogP contribution is 2.30. The molecule has 0 aromatic heterocycles. The first-order valence-electron chi connectivity index (χ1n) is 14.7. The van der Waals surface area contributed by atoms with Gasteiger partial charge in [-0.15, -0.1) is 0 Å². The van der Waals surface area contributed by atoms with Crippen LogP contribution in [0.25, 0.3) is 6.08 Å². The number of rotatable bonds is 13. The van der Waals surface area contributed by atoms with Crippen LogP contribution in [-0.2, 0) is 35.1 Å². The second-order valence-electron chi connectivity index (χ2n) is 10.7. The fraction of sp³-hybridized carbons (Fsp3) is 0.243. The maximum absolute atomic E-state index is 14.3. The third-order valence-electron chi connectivity index (χ3n) is 7.55. The lowest BCUT2D eigenvalue weighted by atomic mass is 9.91. The lowest BCUT2D eigenvalue weighted by Gasteiger charge is -2.15. The van der Waals surface area contributed by atoms with Crippen molar-refractivity contribution in [2.45, 2.75) is 38.5 Å². The van der Waals surface area contributed by atoms with Crippen LogP contribution in [0.4, 0.5) is 17.6 Å². The van der Waals surface area contributed by atoms with Crippen molar-refractivity contribution in [3.05, 3.63) is 142 Å². The smallest absolute Gasteiger partial charge is 0.416 e. The number of benzene rings is 4. The first-order valence-corrected chi connectivity index (χ1v) is 14.7. The standard InChI is InChI=1S/C37H34F4O5/c1-44-35(42)29-14-7-26(8-15-29)5-3-25(4-6-27-9-16-30(17-10-27)36(43)45-2)11-18-31-23-33(38)21-22-34(31)46-24-28-12-19-32(20-13-28)37(39,40)41/h7-23,25H,3-6,24H2,1-2H3/b18-11+. The van der Waals surface area contributed by atoms with E-state index >= 15 is 0 Å². The first-order chi connectivity index (χ1) is 22.0. The van der Waals surface area contributed by atoms with E-state index in [4.69, 9.17) is 14.2 Å². The summed E-state index contributed by atoms with van der Waals surface area (Å²) in [7, 11) is 2.67. The van der Waals surface area contributed by atoms with E-state index in [1.165, 1.54) is 44.6 Å². The number of allylic oxidation sites excluding steroid dienone is 1. The molecule has 0 aliphatic heterocycles. The average Bonchev–Trinajstić information content (AvgIpc) is 3.07. The van der Waals surface area contributed by atoms with Gasteiger partial charge >= 0.3 is 18.1 Å². The number of hydrogen-bond donors (Lipinski definition) is 0. The molecule has 4 aromatic carbocycles. The lowest BCUT2D eigenvalue weighted by Crippen LogP contribution is -2.05. The van der Waals surface area contributed by atoms with Gasteiger partial charge in [0.1, 0.15) is 18.2 Å². The largest absolute Gasteiger partial charge is 0.488 e. The minimum absolute atomic E-state index is 0.0111. The molecular formula is C37H34F4O5. The summed E-state index contributed by atoms with van der Waals surface area (Å²) in [5, 5.41) is 0. The summed E-state index contributed by atoms with van der Waals surface area (Å²) in [6.45, 7) is 0.0111. The zero-order valence-corrected chi connectivity index (χ0v) is 25.5. The molecule has 0 saturated heterocycles. The SMILES string of the molecule is COC(=O)c1ccc(CCC(/C=C/c2cc(F)ccc2OCc2ccc(C(F)(F)F)cc2)CCc2ccc(C(=O)OC)cc2)cc1. The van der Waals surface area contributed by atoms with Crippen molar-refractivity contribution < 1.29 is 41.4 Å².